The molecule has 4 N–H and O–H groups in total. The molecule has 1 amide bonds. The van der Waals surface area contributed by atoms with E-state index < -0.39 is 0 Å². The van der Waals surface area contributed by atoms with Crippen LogP contribution in [0.3, 0.4) is 0 Å². The normalized spacial score (nSPS) is 16.2. The van der Waals surface area contributed by atoms with E-state index in [-0.39, 0.29) is 5.91 Å². The number of rotatable bonds is 4. The molecule has 1 aliphatic heterocycles. The SMILES string of the molecule is NCC#Cc1ccc(CN2CCC(CC(N)=O)CC2)cc1. The second kappa shape index (κ2) is 7.82. The number of benzene rings is 1. The van der Waals surface area contributed by atoms with Crippen molar-refractivity contribution >= 4 is 5.91 Å². The van der Waals surface area contributed by atoms with Crippen molar-refractivity contribution in [3.05, 3.63) is 35.4 Å². The number of nitrogens with two attached hydrogens (primary N) is 2. The smallest absolute Gasteiger partial charge is 0.217 e. The van der Waals surface area contributed by atoms with Crippen LogP contribution in [0.4, 0.5) is 0 Å². The van der Waals surface area contributed by atoms with Crippen LogP contribution in [0.5, 0.6) is 0 Å². The Morgan fingerprint density at radius 2 is 1.90 bits per heavy atom. The summed E-state index contributed by atoms with van der Waals surface area (Å²) in [6, 6.07) is 8.32. The van der Waals surface area contributed by atoms with E-state index in [1.807, 2.05) is 12.1 Å². The van der Waals surface area contributed by atoms with Crippen LogP contribution < -0.4 is 11.5 Å². The second-order valence-electron chi connectivity index (χ2n) is 5.59. The molecular formula is C17H23N3O. The molecule has 0 spiro atoms. The summed E-state index contributed by atoms with van der Waals surface area (Å²) < 4.78 is 0. The second-order valence-corrected chi connectivity index (χ2v) is 5.59. The van der Waals surface area contributed by atoms with Crippen molar-refractivity contribution in [2.45, 2.75) is 25.8 Å². The van der Waals surface area contributed by atoms with E-state index in [0.29, 0.717) is 18.9 Å². The van der Waals surface area contributed by atoms with Gasteiger partial charge in [-0.2, -0.15) is 0 Å². The van der Waals surface area contributed by atoms with Gasteiger partial charge < -0.3 is 11.5 Å². The minimum atomic E-state index is -0.178. The van der Waals surface area contributed by atoms with Gasteiger partial charge in [-0.1, -0.05) is 24.0 Å². The lowest BCUT2D eigenvalue weighted by Crippen LogP contribution is -2.34. The van der Waals surface area contributed by atoms with Crippen molar-refractivity contribution in [1.29, 1.82) is 0 Å². The van der Waals surface area contributed by atoms with Gasteiger partial charge in [0, 0.05) is 18.5 Å². The fraction of sp³-hybridized carbons (Fsp3) is 0.471. The number of amides is 1. The zero-order valence-electron chi connectivity index (χ0n) is 12.3. The van der Waals surface area contributed by atoms with Crippen LogP contribution in [0.1, 0.15) is 30.4 Å². The molecule has 0 aromatic heterocycles. The number of primary amides is 1. The maximum absolute atomic E-state index is 10.9. The topological polar surface area (TPSA) is 72.3 Å². The summed E-state index contributed by atoms with van der Waals surface area (Å²) in [5, 5.41) is 0. The molecule has 4 heteroatoms. The lowest BCUT2D eigenvalue weighted by atomic mass is 9.93. The molecule has 0 bridgehead atoms. The van der Waals surface area contributed by atoms with E-state index in [4.69, 9.17) is 11.5 Å². The van der Waals surface area contributed by atoms with Gasteiger partial charge in [-0.05, 0) is 49.5 Å². The fourth-order valence-electron chi connectivity index (χ4n) is 2.74. The van der Waals surface area contributed by atoms with Crippen molar-refractivity contribution in [1.82, 2.24) is 4.90 Å². The summed E-state index contributed by atoms with van der Waals surface area (Å²) in [5.41, 5.74) is 12.9. The Kier molecular flexibility index (Phi) is 5.79. The first kappa shape index (κ1) is 15.6. The summed E-state index contributed by atoms with van der Waals surface area (Å²) in [6.07, 6.45) is 2.65. The standard InChI is InChI=1S/C17H23N3O/c18-9-1-2-14-3-5-16(6-4-14)13-20-10-7-15(8-11-20)12-17(19)21/h3-6,15H,7-13,18H2,(H2,19,21). The monoisotopic (exact) mass is 285 g/mol. The third-order valence-corrected chi connectivity index (χ3v) is 3.89. The number of likely N-dealkylation sites (tertiary alicyclic amines) is 1. The molecule has 112 valence electrons. The molecule has 1 aliphatic rings. The molecule has 1 aromatic rings. The Hall–Kier alpha value is -1.83. The summed E-state index contributed by atoms with van der Waals surface area (Å²) in [4.78, 5) is 13.4. The molecule has 0 saturated carbocycles. The maximum Gasteiger partial charge on any atom is 0.217 e. The zero-order chi connectivity index (χ0) is 15.1. The van der Waals surface area contributed by atoms with E-state index in [9.17, 15) is 4.79 Å². The Labute approximate surface area is 126 Å². The van der Waals surface area contributed by atoms with Gasteiger partial charge in [-0.15, -0.1) is 0 Å². The molecule has 0 radical (unpaired) electrons. The summed E-state index contributed by atoms with van der Waals surface area (Å²) in [6.45, 7) is 3.41. The third kappa shape index (κ3) is 5.22. The van der Waals surface area contributed by atoms with Crippen LogP contribution in [0.2, 0.25) is 0 Å². The molecule has 1 aromatic carbocycles. The van der Waals surface area contributed by atoms with E-state index in [1.54, 1.807) is 0 Å². The fourth-order valence-corrected chi connectivity index (χ4v) is 2.74. The van der Waals surface area contributed by atoms with Gasteiger partial charge >= 0.3 is 0 Å². The lowest BCUT2D eigenvalue weighted by Gasteiger charge is -2.31. The molecule has 0 unspecified atom stereocenters. The minimum absolute atomic E-state index is 0.178. The van der Waals surface area contributed by atoms with Crippen LogP contribution in [0, 0.1) is 17.8 Å². The Morgan fingerprint density at radius 3 is 2.48 bits per heavy atom. The lowest BCUT2D eigenvalue weighted by molar-refractivity contribution is -0.119. The molecule has 1 heterocycles. The van der Waals surface area contributed by atoms with E-state index in [1.165, 1.54) is 5.56 Å². The first-order chi connectivity index (χ1) is 10.2. The van der Waals surface area contributed by atoms with Gasteiger partial charge in [0.1, 0.15) is 0 Å². The maximum atomic E-state index is 10.9. The highest BCUT2D eigenvalue weighted by atomic mass is 16.1. The van der Waals surface area contributed by atoms with Crippen LogP contribution >= 0.6 is 0 Å². The number of piperidine rings is 1. The molecule has 4 nitrogen and oxygen atoms in total. The van der Waals surface area contributed by atoms with E-state index in [0.717, 1.165) is 38.0 Å². The number of nitrogens with zero attached hydrogens (tertiary/aromatic N) is 1. The van der Waals surface area contributed by atoms with E-state index in [2.05, 4.69) is 28.9 Å². The first-order valence-electron chi connectivity index (χ1n) is 7.46. The molecule has 1 fully saturated rings. The van der Waals surface area contributed by atoms with Crippen LogP contribution in [0.15, 0.2) is 24.3 Å². The van der Waals surface area contributed by atoms with Crippen molar-refractivity contribution < 1.29 is 4.79 Å². The Morgan fingerprint density at radius 1 is 1.24 bits per heavy atom. The van der Waals surface area contributed by atoms with Crippen molar-refractivity contribution in [2.75, 3.05) is 19.6 Å². The molecule has 2 rings (SSSR count). The van der Waals surface area contributed by atoms with Crippen LogP contribution in [-0.2, 0) is 11.3 Å². The molecule has 0 atom stereocenters. The highest BCUT2D eigenvalue weighted by Crippen LogP contribution is 2.21. The van der Waals surface area contributed by atoms with Gasteiger partial charge in [0.25, 0.3) is 0 Å². The average Bonchev–Trinajstić information content (AvgIpc) is 2.48. The van der Waals surface area contributed by atoms with Gasteiger partial charge in [0.15, 0.2) is 0 Å². The van der Waals surface area contributed by atoms with Gasteiger partial charge in [-0.3, -0.25) is 9.69 Å². The Balaban J connectivity index is 1.82. The largest absolute Gasteiger partial charge is 0.370 e. The van der Waals surface area contributed by atoms with Crippen molar-refractivity contribution in [2.24, 2.45) is 17.4 Å². The molecule has 0 aliphatic carbocycles. The molecule has 1 saturated heterocycles. The number of carbonyl (C=O) groups is 1. The third-order valence-electron chi connectivity index (χ3n) is 3.89. The van der Waals surface area contributed by atoms with E-state index >= 15 is 0 Å². The minimum Gasteiger partial charge on any atom is -0.370 e. The highest BCUT2D eigenvalue weighted by Gasteiger charge is 2.20. The van der Waals surface area contributed by atoms with Crippen LogP contribution in [0.25, 0.3) is 0 Å². The van der Waals surface area contributed by atoms with Gasteiger partial charge in [0.05, 0.1) is 6.54 Å². The zero-order valence-corrected chi connectivity index (χ0v) is 12.3. The summed E-state index contributed by atoms with van der Waals surface area (Å²) in [7, 11) is 0. The molecular weight excluding hydrogens is 262 g/mol. The molecule has 21 heavy (non-hydrogen) atoms. The van der Waals surface area contributed by atoms with Gasteiger partial charge in [0.2, 0.25) is 5.91 Å². The number of hydrogen-bond acceptors (Lipinski definition) is 3. The Bertz CT molecular complexity index is 519. The summed E-state index contributed by atoms with van der Waals surface area (Å²) in [5.74, 6) is 6.17. The quantitative estimate of drug-likeness (QED) is 0.813. The summed E-state index contributed by atoms with van der Waals surface area (Å²) >= 11 is 0. The van der Waals surface area contributed by atoms with Crippen LogP contribution in [-0.4, -0.2) is 30.4 Å². The average molecular weight is 285 g/mol. The predicted octanol–water partition coefficient (Wildman–Crippen LogP) is 1.08. The van der Waals surface area contributed by atoms with Crippen molar-refractivity contribution in [3.8, 4) is 11.8 Å². The predicted molar refractivity (Wildman–Crippen MR) is 84.2 cm³/mol. The number of carbonyl (C=O) groups excluding carboxylic acids is 1. The van der Waals surface area contributed by atoms with Crippen molar-refractivity contribution in [3.63, 3.8) is 0 Å². The first-order valence-corrected chi connectivity index (χ1v) is 7.46. The van der Waals surface area contributed by atoms with Gasteiger partial charge in [-0.25, -0.2) is 0 Å². The number of hydrogen-bond donors (Lipinski definition) is 2. The highest BCUT2D eigenvalue weighted by molar-refractivity contribution is 5.73.